The van der Waals surface area contributed by atoms with E-state index < -0.39 is 35.9 Å². The first-order valence-corrected chi connectivity index (χ1v) is 7.97. The van der Waals surface area contributed by atoms with Gasteiger partial charge < -0.3 is 18.9 Å². The lowest BCUT2D eigenvalue weighted by atomic mass is 9.97. The predicted molar refractivity (Wildman–Crippen MR) is 89.6 cm³/mol. The molecule has 0 amide bonds. The molecule has 1 aromatic rings. The summed E-state index contributed by atoms with van der Waals surface area (Å²) in [6.45, 7) is 6.50. The van der Waals surface area contributed by atoms with Gasteiger partial charge in [-0.25, -0.2) is 0 Å². The minimum absolute atomic E-state index is 0. The highest BCUT2D eigenvalue weighted by Gasteiger charge is 2.54. The number of aromatic nitrogens is 2. The molecule has 1 fully saturated rings. The second-order valence-corrected chi connectivity index (χ2v) is 7.07. The molecule has 3 heterocycles. The molecule has 9 nitrogen and oxygen atoms in total. The van der Waals surface area contributed by atoms with E-state index in [1.807, 2.05) is 0 Å². The third-order valence-electron chi connectivity index (χ3n) is 3.92. The van der Waals surface area contributed by atoms with E-state index in [0.29, 0.717) is 0 Å². The zero-order valence-corrected chi connectivity index (χ0v) is 15.7. The molecule has 1 saturated heterocycles. The van der Waals surface area contributed by atoms with E-state index in [9.17, 15) is 9.59 Å². The lowest BCUT2D eigenvalue weighted by Gasteiger charge is -2.23. The Kier molecular flexibility index (Phi) is 5.62. The fourth-order valence-corrected chi connectivity index (χ4v) is 2.72. The van der Waals surface area contributed by atoms with E-state index in [4.69, 9.17) is 24.4 Å². The quantitative estimate of drug-likeness (QED) is 0.768. The van der Waals surface area contributed by atoms with Gasteiger partial charge in [0.25, 0.3) is 0 Å². The normalized spacial score (nSPS) is 26.2. The first-order valence-electron chi connectivity index (χ1n) is 7.97. The number of fused-ring (bicyclic) bond motifs is 3. The van der Waals surface area contributed by atoms with Crippen LogP contribution in [-0.4, -0.2) is 46.4 Å². The van der Waals surface area contributed by atoms with Crippen molar-refractivity contribution in [2.24, 2.45) is 5.41 Å². The van der Waals surface area contributed by atoms with E-state index in [1.54, 1.807) is 31.5 Å². The second kappa shape index (κ2) is 7.24. The summed E-state index contributed by atoms with van der Waals surface area (Å²) in [5, 5.41) is 7.56. The molecule has 2 aliphatic heterocycles. The van der Waals surface area contributed by atoms with Crippen molar-refractivity contribution in [3.8, 4) is 6.01 Å². The summed E-state index contributed by atoms with van der Waals surface area (Å²) in [5.41, 5.74) is -0.580. The van der Waals surface area contributed by atoms with Gasteiger partial charge in [0, 0.05) is 13.1 Å². The number of halogens is 1. The Bertz CT molecular complexity index is 759. The molecular weight excluding hydrogens is 366 g/mol. The number of esters is 2. The molecule has 10 heteroatoms. The largest absolute Gasteiger partial charge is 0.462 e. The van der Waals surface area contributed by atoms with Crippen molar-refractivity contribution in [2.75, 3.05) is 6.61 Å². The Hall–Kier alpha value is -2.13. The molecule has 144 valence electrons. The summed E-state index contributed by atoms with van der Waals surface area (Å²) >= 11 is 0. The SMILES string of the molecule is CC(=O)O[C@H]1[C@@H]2Oc3nc(=N)ccn3[C@@H]2O[C@@H]1COC(=O)C(C)(C)C.Cl. The number of hydrogen-bond donors (Lipinski definition) is 1. The van der Waals surface area contributed by atoms with Gasteiger partial charge in [0.2, 0.25) is 0 Å². The summed E-state index contributed by atoms with van der Waals surface area (Å²) in [6.07, 6.45) is -0.945. The van der Waals surface area contributed by atoms with Crippen LogP contribution in [0.2, 0.25) is 0 Å². The number of carbonyl (C=O) groups is 2. The molecule has 4 atom stereocenters. The number of hydrogen-bond acceptors (Lipinski definition) is 8. The molecular formula is C16H22ClN3O6. The number of ether oxygens (including phenoxy) is 4. The highest BCUT2D eigenvalue weighted by molar-refractivity contribution is 5.85. The van der Waals surface area contributed by atoms with Gasteiger partial charge in [-0.15, -0.1) is 12.4 Å². The molecule has 1 N–H and O–H groups in total. The molecule has 26 heavy (non-hydrogen) atoms. The van der Waals surface area contributed by atoms with Gasteiger partial charge in [-0.1, -0.05) is 0 Å². The van der Waals surface area contributed by atoms with Crippen molar-refractivity contribution in [3.05, 3.63) is 17.8 Å². The topological polar surface area (TPSA) is 113 Å². The first kappa shape index (κ1) is 20.2. The molecule has 0 radical (unpaired) electrons. The van der Waals surface area contributed by atoms with Gasteiger partial charge in [-0.3, -0.25) is 19.6 Å². The molecule has 0 aliphatic carbocycles. The van der Waals surface area contributed by atoms with Crippen molar-refractivity contribution in [1.82, 2.24) is 9.55 Å². The molecule has 0 saturated carbocycles. The van der Waals surface area contributed by atoms with E-state index >= 15 is 0 Å². The molecule has 1 aromatic heterocycles. The fraction of sp³-hybridized carbons (Fsp3) is 0.625. The third-order valence-corrected chi connectivity index (χ3v) is 3.92. The van der Waals surface area contributed by atoms with Crippen LogP contribution in [0.25, 0.3) is 0 Å². The highest BCUT2D eigenvalue weighted by Crippen LogP contribution is 2.40. The van der Waals surface area contributed by atoms with Crippen LogP contribution < -0.4 is 10.2 Å². The predicted octanol–water partition coefficient (Wildman–Crippen LogP) is 0.964. The smallest absolute Gasteiger partial charge is 0.311 e. The molecule has 0 spiro atoms. The molecule has 2 aliphatic rings. The Balaban J connectivity index is 0.00000243. The van der Waals surface area contributed by atoms with Gasteiger partial charge in [-0.05, 0) is 26.8 Å². The lowest BCUT2D eigenvalue weighted by molar-refractivity contribution is -0.163. The van der Waals surface area contributed by atoms with Gasteiger partial charge >= 0.3 is 17.9 Å². The number of nitrogens with zero attached hydrogens (tertiary/aromatic N) is 2. The zero-order valence-electron chi connectivity index (χ0n) is 14.9. The van der Waals surface area contributed by atoms with Gasteiger partial charge in [0.05, 0.1) is 5.41 Å². The molecule has 3 rings (SSSR count). The van der Waals surface area contributed by atoms with E-state index in [0.717, 1.165) is 0 Å². The van der Waals surface area contributed by atoms with Crippen LogP contribution in [0.1, 0.15) is 33.9 Å². The molecule has 0 aromatic carbocycles. The summed E-state index contributed by atoms with van der Waals surface area (Å²) in [4.78, 5) is 27.4. The van der Waals surface area contributed by atoms with Crippen LogP contribution >= 0.6 is 12.4 Å². The molecule has 0 unspecified atom stereocenters. The second-order valence-electron chi connectivity index (χ2n) is 7.07. The highest BCUT2D eigenvalue weighted by atomic mass is 35.5. The monoisotopic (exact) mass is 387 g/mol. The number of rotatable bonds is 3. The van der Waals surface area contributed by atoms with Gasteiger partial charge in [0.15, 0.2) is 23.9 Å². The van der Waals surface area contributed by atoms with Crippen molar-refractivity contribution < 1.29 is 28.5 Å². The average molecular weight is 388 g/mol. The maximum absolute atomic E-state index is 12.0. The summed E-state index contributed by atoms with van der Waals surface area (Å²) in [7, 11) is 0. The van der Waals surface area contributed by atoms with Crippen LogP contribution in [-0.2, 0) is 23.8 Å². The third kappa shape index (κ3) is 3.83. The van der Waals surface area contributed by atoms with E-state index in [2.05, 4.69) is 4.98 Å². The van der Waals surface area contributed by atoms with Crippen LogP contribution in [0.3, 0.4) is 0 Å². The average Bonchev–Trinajstić information content (AvgIpc) is 2.99. The minimum Gasteiger partial charge on any atom is -0.462 e. The summed E-state index contributed by atoms with van der Waals surface area (Å²) in [6, 6.07) is 1.73. The Labute approximate surface area is 156 Å². The van der Waals surface area contributed by atoms with Crippen molar-refractivity contribution >= 4 is 24.3 Å². The van der Waals surface area contributed by atoms with Crippen molar-refractivity contribution in [3.63, 3.8) is 0 Å². The van der Waals surface area contributed by atoms with Crippen LogP contribution in [0.15, 0.2) is 12.3 Å². The van der Waals surface area contributed by atoms with Gasteiger partial charge in [0.1, 0.15) is 12.7 Å². The number of nitrogens with one attached hydrogen (secondary N) is 1. The maximum Gasteiger partial charge on any atom is 0.311 e. The number of carbonyl (C=O) groups excluding carboxylic acids is 2. The Morgan fingerprint density at radius 2 is 2.08 bits per heavy atom. The van der Waals surface area contributed by atoms with E-state index in [1.165, 1.54) is 13.0 Å². The standard InChI is InChI=1S/C16H21N3O6.ClH/c1-8(20)23-11-9(7-22-14(21)16(2,3)4)24-13-12(11)25-15-18-10(17)5-6-19(13)15;/h5-6,9,11-13,17H,7H2,1-4H3;1H/t9-,11-,12+,13-;/m1./s1. The van der Waals surface area contributed by atoms with E-state index in [-0.39, 0.29) is 36.5 Å². The Morgan fingerprint density at radius 1 is 1.38 bits per heavy atom. The van der Waals surface area contributed by atoms with Crippen LogP contribution in [0.4, 0.5) is 0 Å². The lowest BCUT2D eigenvalue weighted by Crippen LogP contribution is -2.40. The summed E-state index contributed by atoms with van der Waals surface area (Å²) in [5.74, 6) is -0.857. The van der Waals surface area contributed by atoms with Gasteiger partial charge in [-0.2, -0.15) is 4.98 Å². The van der Waals surface area contributed by atoms with Crippen molar-refractivity contribution in [1.29, 1.82) is 5.41 Å². The van der Waals surface area contributed by atoms with Crippen molar-refractivity contribution in [2.45, 2.75) is 52.2 Å². The zero-order chi connectivity index (χ0) is 18.4. The maximum atomic E-state index is 12.0. The minimum atomic E-state index is -0.744. The van der Waals surface area contributed by atoms with Crippen LogP contribution in [0, 0.1) is 10.8 Å². The first-order chi connectivity index (χ1) is 11.7. The van der Waals surface area contributed by atoms with Crippen LogP contribution in [0.5, 0.6) is 6.01 Å². The Morgan fingerprint density at radius 3 is 2.69 bits per heavy atom. The summed E-state index contributed by atoms with van der Waals surface area (Å²) < 4.78 is 23.9. The fourth-order valence-electron chi connectivity index (χ4n) is 2.72. The molecule has 0 bridgehead atoms.